The lowest BCUT2D eigenvalue weighted by atomic mass is 10.1. The third-order valence-electron chi connectivity index (χ3n) is 2.88. The van der Waals surface area contributed by atoms with Gasteiger partial charge in [0.1, 0.15) is 0 Å². The van der Waals surface area contributed by atoms with Crippen molar-refractivity contribution in [2.45, 2.75) is 19.8 Å². The Balaban J connectivity index is 2.56. The van der Waals surface area contributed by atoms with Crippen LogP contribution < -0.4 is 4.74 Å². The molecule has 1 N–H and O–H groups in total. The SMILES string of the molecule is CCc1nn(-c2ccccc2)c(OC)c1CC(=O)O. The Bertz CT molecular complexity index is 576. The highest BCUT2D eigenvalue weighted by Crippen LogP contribution is 2.26. The number of para-hydroxylation sites is 1. The van der Waals surface area contributed by atoms with Gasteiger partial charge in [-0.15, -0.1) is 0 Å². The van der Waals surface area contributed by atoms with Crippen LogP contribution in [0, 0.1) is 0 Å². The van der Waals surface area contributed by atoms with E-state index in [4.69, 9.17) is 9.84 Å². The van der Waals surface area contributed by atoms with E-state index >= 15 is 0 Å². The second kappa shape index (κ2) is 5.56. The average Bonchev–Trinajstić information content (AvgIpc) is 2.76. The molecule has 19 heavy (non-hydrogen) atoms. The molecule has 0 atom stereocenters. The predicted octanol–water partition coefficient (Wildman–Crippen LogP) is 2.07. The molecule has 2 rings (SSSR count). The van der Waals surface area contributed by atoms with E-state index in [1.165, 1.54) is 7.11 Å². The van der Waals surface area contributed by atoms with E-state index in [9.17, 15) is 4.79 Å². The van der Waals surface area contributed by atoms with E-state index in [0.29, 0.717) is 17.9 Å². The minimum absolute atomic E-state index is 0.0841. The lowest BCUT2D eigenvalue weighted by Gasteiger charge is -2.07. The number of nitrogens with zero attached hydrogens (tertiary/aromatic N) is 2. The Hall–Kier alpha value is -2.30. The molecule has 0 unspecified atom stereocenters. The van der Waals surface area contributed by atoms with Crippen molar-refractivity contribution in [3.05, 3.63) is 41.6 Å². The number of hydrogen-bond acceptors (Lipinski definition) is 3. The molecule has 0 amide bonds. The summed E-state index contributed by atoms with van der Waals surface area (Å²) in [7, 11) is 1.53. The molecule has 0 aliphatic rings. The van der Waals surface area contributed by atoms with Crippen LogP contribution in [0.25, 0.3) is 5.69 Å². The fourth-order valence-electron chi connectivity index (χ4n) is 2.04. The van der Waals surface area contributed by atoms with Crippen molar-refractivity contribution in [1.82, 2.24) is 9.78 Å². The monoisotopic (exact) mass is 260 g/mol. The molecular formula is C14H16N2O3. The highest BCUT2D eigenvalue weighted by Gasteiger charge is 2.20. The Morgan fingerprint density at radius 2 is 2.05 bits per heavy atom. The Kier molecular flexibility index (Phi) is 3.85. The minimum Gasteiger partial charge on any atom is -0.481 e. The third-order valence-corrected chi connectivity index (χ3v) is 2.88. The lowest BCUT2D eigenvalue weighted by molar-refractivity contribution is -0.136. The number of carboxylic acids is 1. The first-order chi connectivity index (χ1) is 9.17. The van der Waals surface area contributed by atoms with E-state index in [-0.39, 0.29) is 6.42 Å². The van der Waals surface area contributed by atoms with Gasteiger partial charge in [0.05, 0.1) is 24.9 Å². The molecular weight excluding hydrogens is 244 g/mol. The molecule has 0 aliphatic carbocycles. The van der Waals surface area contributed by atoms with Crippen LogP contribution in [0.3, 0.4) is 0 Å². The maximum Gasteiger partial charge on any atom is 0.308 e. The molecule has 5 heteroatoms. The molecule has 1 heterocycles. The summed E-state index contributed by atoms with van der Waals surface area (Å²) in [5.74, 6) is -0.397. The lowest BCUT2D eigenvalue weighted by Crippen LogP contribution is -2.04. The van der Waals surface area contributed by atoms with Gasteiger partial charge < -0.3 is 9.84 Å². The summed E-state index contributed by atoms with van der Waals surface area (Å²) in [5, 5.41) is 13.4. The number of benzene rings is 1. The number of carbonyl (C=O) groups is 1. The number of aryl methyl sites for hydroxylation is 1. The average molecular weight is 260 g/mol. The summed E-state index contributed by atoms with van der Waals surface area (Å²) in [6.45, 7) is 1.95. The summed E-state index contributed by atoms with van der Waals surface area (Å²) >= 11 is 0. The van der Waals surface area contributed by atoms with Crippen LogP contribution in [-0.4, -0.2) is 28.0 Å². The van der Waals surface area contributed by atoms with Gasteiger partial charge >= 0.3 is 5.97 Å². The standard InChI is InChI=1S/C14H16N2O3/c1-3-12-11(9-13(17)18)14(19-2)16(15-12)10-7-5-4-6-8-10/h4-8H,3,9H2,1-2H3,(H,17,18). The Labute approximate surface area is 111 Å². The summed E-state index contributed by atoms with van der Waals surface area (Å²) in [6, 6.07) is 9.52. The van der Waals surface area contributed by atoms with Gasteiger partial charge in [0.25, 0.3) is 0 Å². The Morgan fingerprint density at radius 3 is 2.58 bits per heavy atom. The maximum absolute atomic E-state index is 11.0. The zero-order valence-corrected chi connectivity index (χ0v) is 11.0. The van der Waals surface area contributed by atoms with Crippen LogP contribution in [0.5, 0.6) is 5.88 Å². The van der Waals surface area contributed by atoms with Crippen molar-refractivity contribution in [2.24, 2.45) is 0 Å². The van der Waals surface area contributed by atoms with E-state index in [1.54, 1.807) is 4.68 Å². The molecule has 0 spiro atoms. The molecule has 100 valence electrons. The minimum atomic E-state index is -0.888. The summed E-state index contributed by atoms with van der Waals surface area (Å²) < 4.78 is 7.00. The van der Waals surface area contributed by atoms with E-state index in [1.807, 2.05) is 37.3 Å². The number of carboxylic acid groups (broad SMARTS) is 1. The van der Waals surface area contributed by atoms with Gasteiger partial charge in [0.2, 0.25) is 5.88 Å². The van der Waals surface area contributed by atoms with Crippen LogP contribution in [0.2, 0.25) is 0 Å². The van der Waals surface area contributed by atoms with Gasteiger partial charge in [0.15, 0.2) is 0 Å². The highest BCUT2D eigenvalue weighted by molar-refractivity contribution is 5.71. The van der Waals surface area contributed by atoms with E-state index in [0.717, 1.165) is 11.4 Å². The molecule has 5 nitrogen and oxygen atoms in total. The smallest absolute Gasteiger partial charge is 0.308 e. The van der Waals surface area contributed by atoms with Gasteiger partial charge in [-0.2, -0.15) is 5.10 Å². The first kappa shape index (κ1) is 13.1. The van der Waals surface area contributed by atoms with Gasteiger partial charge in [-0.3, -0.25) is 4.79 Å². The molecule has 0 saturated carbocycles. The van der Waals surface area contributed by atoms with Crippen molar-refractivity contribution in [1.29, 1.82) is 0 Å². The Morgan fingerprint density at radius 1 is 1.37 bits per heavy atom. The van der Waals surface area contributed by atoms with Gasteiger partial charge in [-0.1, -0.05) is 25.1 Å². The van der Waals surface area contributed by atoms with E-state index in [2.05, 4.69) is 5.10 Å². The molecule has 1 aromatic heterocycles. The summed E-state index contributed by atoms with van der Waals surface area (Å²) in [6.07, 6.45) is 0.581. The first-order valence-electron chi connectivity index (χ1n) is 6.09. The van der Waals surface area contributed by atoms with Crippen LogP contribution in [0.4, 0.5) is 0 Å². The maximum atomic E-state index is 11.0. The highest BCUT2D eigenvalue weighted by atomic mass is 16.5. The molecule has 0 fully saturated rings. The van der Waals surface area contributed by atoms with Gasteiger partial charge in [0, 0.05) is 5.56 Å². The van der Waals surface area contributed by atoms with Crippen molar-refractivity contribution in [2.75, 3.05) is 7.11 Å². The van der Waals surface area contributed by atoms with Gasteiger partial charge in [-0.25, -0.2) is 4.68 Å². The number of methoxy groups -OCH3 is 1. The number of aromatic nitrogens is 2. The molecule has 0 aliphatic heterocycles. The topological polar surface area (TPSA) is 64.4 Å². The zero-order chi connectivity index (χ0) is 13.8. The molecule has 0 saturated heterocycles. The van der Waals surface area contributed by atoms with Crippen molar-refractivity contribution in [3.8, 4) is 11.6 Å². The third kappa shape index (κ3) is 2.59. The summed E-state index contributed by atoms with van der Waals surface area (Å²) in [4.78, 5) is 11.0. The van der Waals surface area contributed by atoms with Crippen LogP contribution in [0.1, 0.15) is 18.2 Å². The number of rotatable bonds is 5. The predicted molar refractivity (Wildman–Crippen MR) is 70.8 cm³/mol. The van der Waals surface area contributed by atoms with Crippen LogP contribution >= 0.6 is 0 Å². The second-order valence-corrected chi connectivity index (χ2v) is 4.11. The fourth-order valence-corrected chi connectivity index (χ4v) is 2.04. The quantitative estimate of drug-likeness (QED) is 0.893. The van der Waals surface area contributed by atoms with E-state index < -0.39 is 5.97 Å². The van der Waals surface area contributed by atoms with Gasteiger partial charge in [-0.05, 0) is 18.6 Å². The largest absolute Gasteiger partial charge is 0.481 e. The second-order valence-electron chi connectivity index (χ2n) is 4.11. The van der Waals surface area contributed by atoms with Crippen molar-refractivity contribution in [3.63, 3.8) is 0 Å². The molecule has 1 aromatic carbocycles. The molecule has 0 bridgehead atoms. The first-order valence-corrected chi connectivity index (χ1v) is 6.09. The summed E-state index contributed by atoms with van der Waals surface area (Å²) in [5.41, 5.74) is 2.25. The number of aliphatic carboxylic acids is 1. The van der Waals surface area contributed by atoms with Crippen LogP contribution in [-0.2, 0) is 17.6 Å². The molecule has 0 radical (unpaired) electrons. The van der Waals surface area contributed by atoms with Crippen LogP contribution in [0.15, 0.2) is 30.3 Å². The van der Waals surface area contributed by atoms with Crippen molar-refractivity contribution >= 4 is 5.97 Å². The fraction of sp³-hybridized carbons (Fsp3) is 0.286. The molecule has 2 aromatic rings. The number of ether oxygens (including phenoxy) is 1. The zero-order valence-electron chi connectivity index (χ0n) is 11.0. The van der Waals surface area contributed by atoms with Crippen molar-refractivity contribution < 1.29 is 14.6 Å². The normalized spacial score (nSPS) is 10.4. The number of hydrogen-bond donors (Lipinski definition) is 1.